The van der Waals surface area contributed by atoms with Gasteiger partial charge in [0.1, 0.15) is 16.5 Å². The Morgan fingerprint density at radius 2 is 1.76 bits per heavy atom. The first-order valence-corrected chi connectivity index (χ1v) is 11.3. The van der Waals surface area contributed by atoms with E-state index in [4.69, 9.17) is 10.5 Å². The van der Waals surface area contributed by atoms with Crippen LogP contribution in [0.4, 0.5) is 4.79 Å². The highest BCUT2D eigenvalue weighted by Gasteiger charge is 2.21. The van der Waals surface area contributed by atoms with Crippen LogP contribution >= 0.6 is 11.3 Å². The molecule has 0 bridgehead atoms. The van der Waals surface area contributed by atoms with Crippen LogP contribution in [0.1, 0.15) is 23.0 Å². The summed E-state index contributed by atoms with van der Waals surface area (Å²) >= 11 is 1.56. The van der Waals surface area contributed by atoms with Crippen LogP contribution < -0.4 is 15.8 Å². The number of nitrogens with zero attached hydrogens (tertiary/aromatic N) is 2. The topological polar surface area (TPSA) is 97.5 Å². The molecule has 7 nitrogen and oxygen atoms in total. The van der Waals surface area contributed by atoms with Gasteiger partial charge >= 0.3 is 6.03 Å². The molecule has 8 heteroatoms. The van der Waals surface area contributed by atoms with Crippen LogP contribution in [0.5, 0.6) is 11.5 Å². The van der Waals surface area contributed by atoms with Gasteiger partial charge in [-0.05, 0) is 42.0 Å². The third-order valence-electron chi connectivity index (χ3n) is 5.07. The molecule has 0 saturated heterocycles. The number of rotatable bonds is 8. The molecule has 168 valence electrons. The van der Waals surface area contributed by atoms with E-state index in [1.165, 1.54) is 0 Å². The van der Waals surface area contributed by atoms with E-state index in [1.807, 2.05) is 72.8 Å². The maximum atomic E-state index is 13.0. The number of nitrogens with two attached hydrogens (primary N) is 1. The van der Waals surface area contributed by atoms with Crippen molar-refractivity contribution in [2.45, 2.75) is 19.0 Å². The Balaban J connectivity index is 1.47. The molecule has 0 aliphatic rings. The number of primary amides is 1. The molecule has 0 unspecified atom stereocenters. The monoisotopic (exact) mass is 460 g/mol. The van der Waals surface area contributed by atoms with Gasteiger partial charge in [0, 0.05) is 7.05 Å². The molecule has 33 heavy (non-hydrogen) atoms. The zero-order valence-electron chi connectivity index (χ0n) is 18.1. The smallest absolute Gasteiger partial charge is 0.312 e. The summed E-state index contributed by atoms with van der Waals surface area (Å²) in [5.41, 5.74) is 7.04. The molecular formula is C25H24N4O3S. The molecule has 0 radical (unpaired) electrons. The predicted octanol–water partition coefficient (Wildman–Crippen LogP) is 4.85. The molecular weight excluding hydrogens is 436 g/mol. The summed E-state index contributed by atoms with van der Waals surface area (Å²) in [6.07, 6.45) is 0.0547. The SMILES string of the molecule is CN(Cc1nc2ccccc2s1)C(=O)C[C@H](NC(N)=O)c1cccc(Oc2ccccc2)c1. The molecule has 3 N–H and O–H groups in total. The van der Waals surface area contributed by atoms with Crippen molar-refractivity contribution in [1.82, 2.24) is 15.2 Å². The number of para-hydroxylation sites is 2. The number of amides is 3. The van der Waals surface area contributed by atoms with Crippen LogP contribution in [-0.4, -0.2) is 28.9 Å². The Morgan fingerprint density at radius 3 is 2.52 bits per heavy atom. The summed E-state index contributed by atoms with van der Waals surface area (Å²) in [7, 11) is 1.73. The number of carbonyl (C=O) groups is 2. The first-order chi connectivity index (χ1) is 16.0. The van der Waals surface area contributed by atoms with E-state index < -0.39 is 12.1 Å². The summed E-state index contributed by atoms with van der Waals surface area (Å²) in [5.74, 6) is 1.16. The predicted molar refractivity (Wildman–Crippen MR) is 129 cm³/mol. The summed E-state index contributed by atoms with van der Waals surface area (Å²) in [5, 5.41) is 3.53. The molecule has 3 amide bonds. The summed E-state index contributed by atoms with van der Waals surface area (Å²) < 4.78 is 6.97. The molecule has 0 saturated carbocycles. The number of nitrogens with one attached hydrogen (secondary N) is 1. The zero-order valence-corrected chi connectivity index (χ0v) is 18.9. The van der Waals surface area contributed by atoms with E-state index in [0.717, 1.165) is 20.8 Å². The van der Waals surface area contributed by atoms with Crippen molar-refractivity contribution in [2.75, 3.05) is 7.05 Å². The van der Waals surface area contributed by atoms with Gasteiger partial charge in [-0.15, -0.1) is 11.3 Å². The van der Waals surface area contributed by atoms with Gasteiger partial charge in [0.2, 0.25) is 5.91 Å². The number of thiazole rings is 1. The number of fused-ring (bicyclic) bond motifs is 1. The maximum Gasteiger partial charge on any atom is 0.312 e. The minimum Gasteiger partial charge on any atom is -0.457 e. The Hall–Kier alpha value is -3.91. The number of hydrogen-bond donors (Lipinski definition) is 2. The summed E-state index contributed by atoms with van der Waals surface area (Å²) in [6, 6.07) is 23.2. The van der Waals surface area contributed by atoms with Crippen molar-refractivity contribution in [1.29, 1.82) is 0 Å². The Kier molecular flexibility index (Phi) is 6.85. The first kappa shape index (κ1) is 22.3. The van der Waals surface area contributed by atoms with Crippen molar-refractivity contribution in [3.8, 4) is 11.5 Å². The van der Waals surface area contributed by atoms with E-state index in [1.54, 1.807) is 29.4 Å². The van der Waals surface area contributed by atoms with Crippen LogP contribution in [0.3, 0.4) is 0 Å². The normalized spacial score (nSPS) is 11.7. The molecule has 1 aromatic heterocycles. The summed E-state index contributed by atoms with van der Waals surface area (Å²) in [4.78, 5) is 30.8. The first-order valence-electron chi connectivity index (χ1n) is 10.4. The van der Waals surface area contributed by atoms with E-state index in [2.05, 4.69) is 10.3 Å². The lowest BCUT2D eigenvalue weighted by Gasteiger charge is -2.22. The Bertz CT molecular complexity index is 1230. The van der Waals surface area contributed by atoms with Crippen molar-refractivity contribution in [3.05, 3.63) is 89.4 Å². The van der Waals surface area contributed by atoms with Gasteiger partial charge < -0.3 is 20.7 Å². The zero-order chi connectivity index (χ0) is 23.2. The third-order valence-corrected chi connectivity index (χ3v) is 6.09. The third kappa shape index (κ3) is 5.87. The van der Waals surface area contributed by atoms with Crippen LogP contribution in [0.2, 0.25) is 0 Å². The molecule has 3 aromatic carbocycles. The number of ether oxygens (including phenoxy) is 1. The van der Waals surface area contributed by atoms with Crippen molar-refractivity contribution in [2.24, 2.45) is 5.73 Å². The van der Waals surface area contributed by atoms with E-state index in [9.17, 15) is 9.59 Å². The van der Waals surface area contributed by atoms with E-state index >= 15 is 0 Å². The molecule has 1 atom stereocenters. The lowest BCUT2D eigenvalue weighted by Crippen LogP contribution is -2.37. The molecule has 0 fully saturated rings. The van der Waals surface area contributed by atoms with E-state index in [0.29, 0.717) is 18.0 Å². The van der Waals surface area contributed by atoms with Gasteiger partial charge in [0.15, 0.2) is 0 Å². The minimum absolute atomic E-state index is 0.0547. The number of aromatic nitrogens is 1. The molecule has 4 rings (SSSR count). The van der Waals surface area contributed by atoms with Gasteiger partial charge in [-0.2, -0.15) is 0 Å². The van der Waals surface area contributed by atoms with Crippen LogP contribution in [0.25, 0.3) is 10.2 Å². The largest absolute Gasteiger partial charge is 0.457 e. The Morgan fingerprint density at radius 1 is 1.03 bits per heavy atom. The van der Waals surface area contributed by atoms with E-state index in [-0.39, 0.29) is 12.3 Å². The summed E-state index contributed by atoms with van der Waals surface area (Å²) in [6.45, 7) is 0.388. The molecule has 0 aliphatic carbocycles. The number of benzene rings is 3. The second-order valence-corrected chi connectivity index (χ2v) is 8.69. The highest BCUT2D eigenvalue weighted by Crippen LogP contribution is 2.27. The van der Waals surface area contributed by atoms with Gasteiger partial charge in [-0.1, -0.05) is 42.5 Å². The van der Waals surface area contributed by atoms with Gasteiger partial charge in [-0.25, -0.2) is 9.78 Å². The molecule has 4 aromatic rings. The van der Waals surface area contributed by atoms with Crippen LogP contribution in [0.15, 0.2) is 78.9 Å². The van der Waals surface area contributed by atoms with Gasteiger partial charge in [-0.3, -0.25) is 4.79 Å². The number of carbonyl (C=O) groups excluding carboxylic acids is 2. The molecule has 1 heterocycles. The molecule has 0 spiro atoms. The average Bonchev–Trinajstić information content (AvgIpc) is 3.21. The van der Waals surface area contributed by atoms with Crippen molar-refractivity contribution < 1.29 is 14.3 Å². The minimum atomic E-state index is -0.698. The standard InChI is InChI=1S/C25H24N4O3S/c1-29(16-23-27-20-12-5-6-13-22(20)33-23)24(30)15-21(28-25(26)31)17-8-7-11-19(14-17)32-18-9-3-2-4-10-18/h2-14,21H,15-16H2,1H3,(H3,26,28,31)/t21-/m0/s1. The maximum absolute atomic E-state index is 13.0. The second-order valence-electron chi connectivity index (χ2n) is 7.58. The van der Waals surface area contributed by atoms with Crippen molar-refractivity contribution in [3.63, 3.8) is 0 Å². The fourth-order valence-corrected chi connectivity index (χ4v) is 4.47. The van der Waals surface area contributed by atoms with Crippen molar-refractivity contribution >= 4 is 33.5 Å². The quantitative estimate of drug-likeness (QED) is 0.393. The average molecular weight is 461 g/mol. The number of hydrogen-bond acceptors (Lipinski definition) is 5. The number of urea groups is 1. The Labute approximate surface area is 195 Å². The fraction of sp³-hybridized carbons (Fsp3) is 0.160. The molecule has 0 aliphatic heterocycles. The highest BCUT2D eigenvalue weighted by molar-refractivity contribution is 7.18. The van der Waals surface area contributed by atoms with Gasteiger partial charge in [0.05, 0.1) is 29.2 Å². The van der Waals surface area contributed by atoms with Gasteiger partial charge in [0.25, 0.3) is 0 Å². The lowest BCUT2D eigenvalue weighted by molar-refractivity contribution is -0.130. The highest BCUT2D eigenvalue weighted by atomic mass is 32.1. The van der Waals surface area contributed by atoms with Crippen LogP contribution in [0, 0.1) is 0 Å². The fourth-order valence-electron chi connectivity index (χ4n) is 3.45. The second kappa shape index (κ2) is 10.1. The van der Waals surface area contributed by atoms with Crippen LogP contribution in [-0.2, 0) is 11.3 Å². The lowest BCUT2D eigenvalue weighted by atomic mass is 10.0.